The first-order valence-electron chi connectivity index (χ1n) is 4.57. The molecule has 0 aliphatic carbocycles. The van der Waals surface area contributed by atoms with Crippen molar-refractivity contribution in [1.29, 1.82) is 0 Å². The molecular weight excluding hydrogens is 164 g/mol. The number of aliphatic hydroxyl groups is 1. The third-order valence-electron chi connectivity index (χ3n) is 1.98. The molecule has 13 heavy (non-hydrogen) atoms. The Balaban J connectivity index is 2.93. The number of rotatable bonds is 4. The highest BCUT2D eigenvalue weighted by Crippen LogP contribution is 2.18. The Hall–Kier alpha value is -1.02. The van der Waals surface area contributed by atoms with Crippen molar-refractivity contribution in [2.75, 3.05) is 7.11 Å². The second-order valence-electron chi connectivity index (χ2n) is 3.10. The van der Waals surface area contributed by atoms with Crippen LogP contribution in [-0.2, 0) is 13.0 Å². The van der Waals surface area contributed by atoms with E-state index in [1.54, 1.807) is 7.11 Å². The molecule has 0 saturated heterocycles. The van der Waals surface area contributed by atoms with Crippen LogP contribution in [0.5, 0.6) is 5.75 Å². The molecule has 0 aromatic heterocycles. The van der Waals surface area contributed by atoms with Gasteiger partial charge in [0.05, 0.1) is 13.7 Å². The normalized spacial score (nSPS) is 10.1. The number of hydrogen-bond donors (Lipinski definition) is 1. The van der Waals surface area contributed by atoms with E-state index in [1.165, 1.54) is 5.56 Å². The molecule has 0 saturated carbocycles. The van der Waals surface area contributed by atoms with Crippen molar-refractivity contribution in [3.63, 3.8) is 0 Å². The van der Waals surface area contributed by atoms with E-state index in [2.05, 4.69) is 6.92 Å². The SMILES string of the molecule is CCCc1cc(CO)cc(OC)c1. The van der Waals surface area contributed by atoms with Crippen LogP contribution in [0.25, 0.3) is 0 Å². The van der Waals surface area contributed by atoms with Crippen molar-refractivity contribution in [2.45, 2.75) is 26.4 Å². The molecule has 0 amide bonds. The summed E-state index contributed by atoms with van der Waals surface area (Å²) >= 11 is 0. The topological polar surface area (TPSA) is 29.5 Å². The fourth-order valence-corrected chi connectivity index (χ4v) is 1.37. The molecule has 1 rings (SSSR count). The first-order chi connectivity index (χ1) is 6.30. The van der Waals surface area contributed by atoms with Crippen LogP contribution in [0, 0.1) is 0 Å². The van der Waals surface area contributed by atoms with Crippen LogP contribution in [-0.4, -0.2) is 12.2 Å². The lowest BCUT2D eigenvalue weighted by Gasteiger charge is -2.06. The molecule has 0 aliphatic heterocycles. The fraction of sp³-hybridized carbons (Fsp3) is 0.455. The molecule has 0 fully saturated rings. The quantitative estimate of drug-likeness (QED) is 0.769. The summed E-state index contributed by atoms with van der Waals surface area (Å²) in [5.74, 6) is 0.829. The van der Waals surface area contributed by atoms with Gasteiger partial charge in [-0.15, -0.1) is 0 Å². The lowest BCUT2D eigenvalue weighted by atomic mass is 10.1. The summed E-state index contributed by atoms with van der Waals surface area (Å²) in [4.78, 5) is 0. The molecule has 0 radical (unpaired) electrons. The number of methoxy groups -OCH3 is 1. The third kappa shape index (κ3) is 2.74. The monoisotopic (exact) mass is 180 g/mol. The first kappa shape index (κ1) is 10.1. The number of benzene rings is 1. The molecular formula is C11H16O2. The maximum atomic E-state index is 8.99. The van der Waals surface area contributed by atoms with Gasteiger partial charge in [0.25, 0.3) is 0 Å². The summed E-state index contributed by atoms with van der Waals surface area (Å²) < 4.78 is 5.13. The van der Waals surface area contributed by atoms with Crippen molar-refractivity contribution >= 4 is 0 Å². The summed E-state index contributed by atoms with van der Waals surface area (Å²) in [5, 5.41) is 8.99. The average Bonchev–Trinajstić information content (AvgIpc) is 2.17. The fourth-order valence-electron chi connectivity index (χ4n) is 1.37. The Morgan fingerprint density at radius 2 is 1.92 bits per heavy atom. The molecule has 0 aliphatic rings. The number of aliphatic hydroxyl groups excluding tert-OH is 1. The van der Waals surface area contributed by atoms with Crippen LogP contribution in [0.4, 0.5) is 0 Å². The minimum absolute atomic E-state index is 0.0773. The lowest BCUT2D eigenvalue weighted by molar-refractivity contribution is 0.281. The minimum Gasteiger partial charge on any atom is -0.497 e. The van der Waals surface area contributed by atoms with Gasteiger partial charge in [0.2, 0.25) is 0 Å². The predicted octanol–water partition coefficient (Wildman–Crippen LogP) is 2.14. The molecule has 72 valence electrons. The Labute approximate surface area is 79.2 Å². The minimum atomic E-state index is 0.0773. The van der Waals surface area contributed by atoms with E-state index in [9.17, 15) is 0 Å². The van der Waals surface area contributed by atoms with E-state index in [1.807, 2.05) is 18.2 Å². The summed E-state index contributed by atoms with van der Waals surface area (Å²) in [7, 11) is 1.65. The summed E-state index contributed by atoms with van der Waals surface area (Å²) in [6.45, 7) is 2.21. The van der Waals surface area contributed by atoms with Gasteiger partial charge in [-0.3, -0.25) is 0 Å². The van der Waals surface area contributed by atoms with Gasteiger partial charge < -0.3 is 9.84 Å². The Kier molecular flexibility index (Phi) is 3.77. The van der Waals surface area contributed by atoms with Crippen LogP contribution in [0.15, 0.2) is 18.2 Å². The van der Waals surface area contributed by atoms with Gasteiger partial charge in [-0.1, -0.05) is 19.4 Å². The van der Waals surface area contributed by atoms with E-state index in [-0.39, 0.29) is 6.61 Å². The van der Waals surface area contributed by atoms with Gasteiger partial charge in [-0.05, 0) is 29.7 Å². The second-order valence-corrected chi connectivity index (χ2v) is 3.10. The van der Waals surface area contributed by atoms with E-state index in [4.69, 9.17) is 9.84 Å². The predicted molar refractivity (Wildman–Crippen MR) is 52.9 cm³/mol. The first-order valence-corrected chi connectivity index (χ1v) is 4.57. The number of ether oxygens (including phenoxy) is 1. The molecule has 2 heteroatoms. The molecule has 0 atom stereocenters. The van der Waals surface area contributed by atoms with Crippen molar-refractivity contribution in [3.05, 3.63) is 29.3 Å². The second kappa shape index (κ2) is 4.87. The zero-order valence-electron chi connectivity index (χ0n) is 8.21. The van der Waals surface area contributed by atoms with Crippen LogP contribution >= 0.6 is 0 Å². The Bertz CT molecular complexity index is 247. The molecule has 0 bridgehead atoms. The number of hydrogen-bond acceptors (Lipinski definition) is 2. The van der Waals surface area contributed by atoms with Crippen molar-refractivity contribution in [1.82, 2.24) is 0 Å². The molecule has 0 unspecified atom stereocenters. The molecule has 1 N–H and O–H groups in total. The highest BCUT2D eigenvalue weighted by Gasteiger charge is 1.99. The van der Waals surface area contributed by atoms with Gasteiger partial charge in [0.15, 0.2) is 0 Å². The molecule has 1 aromatic carbocycles. The van der Waals surface area contributed by atoms with Crippen molar-refractivity contribution in [2.24, 2.45) is 0 Å². The standard InChI is InChI=1S/C11H16O2/c1-3-4-9-5-10(8-12)7-11(6-9)13-2/h5-7,12H,3-4,8H2,1-2H3. The van der Waals surface area contributed by atoms with Crippen LogP contribution < -0.4 is 4.74 Å². The molecule has 2 nitrogen and oxygen atoms in total. The zero-order valence-corrected chi connectivity index (χ0v) is 8.21. The lowest BCUT2D eigenvalue weighted by Crippen LogP contribution is -1.92. The number of aryl methyl sites for hydroxylation is 1. The van der Waals surface area contributed by atoms with Gasteiger partial charge in [-0.25, -0.2) is 0 Å². The average molecular weight is 180 g/mol. The zero-order chi connectivity index (χ0) is 9.68. The smallest absolute Gasteiger partial charge is 0.119 e. The van der Waals surface area contributed by atoms with E-state index < -0.39 is 0 Å². The molecule has 0 heterocycles. The van der Waals surface area contributed by atoms with Crippen molar-refractivity contribution < 1.29 is 9.84 Å². The van der Waals surface area contributed by atoms with Crippen LogP contribution in [0.1, 0.15) is 24.5 Å². The summed E-state index contributed by atoms with van der Waals surface area (Å²) in [5.41, 5.74) is 2.15. The largest absolute Gasteiger partial charge is 0.497 e. The maximum absolute atomic E-state index is 8.99. The van der Waals surface area contributed by atoms with Crippen molar-refractivity contribution in [3.8, 4) is 5.75 Å². The summed E-state index contributed by atoms with van der Waals surface area (Å²) in [6.07, 6.45) is 2.14. The van der Waals surface area contributed by atoms with E-state index >= 15 is 0 Å². The maximum Gasteiger partial charge on any atom is 0.119 e. The van der Waals surface area contributed by atoms with Gasteiger partial charge in [0.1, 0.15) is 5.75 Å². The third-order valence-corrected chi connectivity index (χ3v) is 1.98. The molecule has 0 spiro atoms. The van der Waals surface area contributed by atoms with Crippen LogP contribution in [0.2, 0.25) is 0 Å². The highest BCUT2D eigenvalue weighted by atomic mass is 16.5. The van der Waals surface area contributed by atoms with Gasteiger partial charge in [0, 0.05) is 0 Å². The Morgan fingerprint density at radius 3 is 2.46 bits per heavy atom. The van der Waals surface area contributed by atoms with Gasteiger partial charge in [-0.2, -0.15) is 0 Å². The summed E-state index contributed by atoms with van der Waals surface area (Å²) in [6, 6.07) is 5.90. The Morgan fingerprint density at radius 1 is 1.23 bits per heavy atom. The van der Waals surface area contributed by atoms with E-state index in [0.29, 0.717) is 0 Å². The highest BCUT2D eigenvalue weighted by molar-refractivity contribution is 5.34. The van der Waals surface area contributed by atoms with E-state index in [0.717, 1.165) is 24.2 Å². The molecule has 1 aromatic rings. The van der Waals surface area contributed by atoms with Crippen LogP contribution in [0.3, 0.4) is 0 Å². The van der Waals surface area contributed by atoms with Gasteiger partial charge >= 0.3 is 0 Å².